The molecule has 1 heterocycles. The fourth-order valence-electron chi connectivity index (χ4n) is 3.58. The molecule has 9 heteroatoms. The summed E-state index contributed by atoms with van der Waals surface area (Å²) in [6.07, 6.45) is -4.28. The lowest BCUT2D eigenvalue weighted by atomic mass is 9.95. The summed E-state index contributed by atoms with van der Waals surface area (Å²) in [5.74, 6) is -1.89. The van der Waals surface area contributed by atoms with E-state index in [-0.39, 0.29) is 25.4 Å². The van der Waals surface area contributed by atoms with Gasteiger partial charge in [0.05, 0.1) is 10.7 Å². The molecule has 2 aromatic rings. The topological polar surface area (TPSA) is 61.4 Å². The molecule has 0 spiro atoms. The summed E-state index contributed by atoms with van der Waals surface area (Å²) in [4.78, 5) is 24.6. The maximum atomic E-state index is 12.9. The summed E-state index contributed by atoms with van der Waals surface area (Å²) in [6.45, 7) is 5.94. The number of amides is 2. The molecule has 0 bridgehead atoms. The number of hydrogen-bond donors (Lipinski definition) is 2. The van der Waals surface area contributed by atoms with Gasteiger partial charge in [-0.05, 0) is 47.7 Å². The Hall–Kier alpha value is -2.74. The quantitative estimate of drug-likeness (QED) is 0.612. The van der Waals surface area contributed by atoms with Crippen molar-refractivity contribution in [2.45, 2.75) is 46.3 Å². The van der Waals surface area contributed by atoms with Crippen molar-refractivity contribution in [3.05, 3.63) is 58.1 Å². The molecule has 5 nitrogen and oxygen atoms in total. The van der Waals surface area contributed by atoms with E-state index in [1.165, 1.54) is 0 Å². The third kappa shape index (κ3) is 6.19. The zero-order valence-electron chi connectivity index (χ0n) is 18.8. The van der Waals surface area contributed by atoms with E-state index < -0.39 is 17.5 Å². The number of fused-ring (bicyclic) bond motifs is 1. The van der Waals surface area contributed by atoms with Crippen LogP contribution < -0.4 is 10.6 Å². The van der Waals surface area contributed by atoms with Gasteiger partial charge < -0.3 is 15.5 Å². The number of halogens is 4. The second kappa shape index (κ2) is 9.63. The van der Waals surface area contributed by atoms with E-state index >= 15 is 0 Å². The van der Waals surface area contributed by atoms with Gasteiger partial charge in [-0.15, -0.1) is 0 Å². The molecule has 0 saturated carbocycles. The molecule has 178 valence electrons. The van der Waals surface area contributed by atoms with Crippen molar-refractivity contribution in [3.8, 4) is 0 Å². The zero-order valence-corrected chi connectivity index (χ0v) is 19.5. The van der Waals surface area contributed by atoms with Gasteiger partial charge in [-0.25, -0.2) is 0 Å². The third-order valence-corrected chi connectivity index (χ3v) is 5.85. The van der Waals surface area contributed by atoms with Gasteiger partial charge in [0, 0.05) is 30.7 Å². The van der Waals surface area contributed by atoms with Crippen LogP contribution in [0, 0.1) is 5.41 Å². The number of benzene rings is 2. The highest BCUT2D eigenvalue weighted by molar-refractivity contribution is 6.33. The number of hydrogen-bond acceptors (Lipinski definition) is 3. The van der Waals surface area contributed by atoms with E-state index in [2.05, 4.69) is 10.6 Å². The first-order chi connectivity index (χ1) is 15.4. The van der Waals surface area contributed by atoms with Gasteiger partial charge in [0.1, 0.15) is 0 Å². The summed E-state index contributed by atoms with van der Waals surface area (Å²) in [7, 11) is 0. The van der Waals surface area contributed by atoms with Crippen LogP contribution in [0.2, 0.25) is 5.02 Å². The average molecular weight is 482 g/mol. The molecule has 1 aliphatic rings. The molecule has 0 aliphatic carbocycles. The Morgan fingerprint density at radius 3 is 2.24 bits per heavy atom. The fourth-order valence-corrected chi connectivity index (χ4v) is 3.83. The highest BCUT2D eigenvalue weighted by Gasteiger charge is 2.42. The minimum Gasteiger partial charge on any atom is -0.380 e. The normalized spacial score (nSPS) is 14.3. The van der Waals surface area contributed by atoms with E-state index in [1.54, 1.807) is 12.1 Å². The Labute approximate surface area is 196 Å². The number of anilines is 2. The van der Waals surface area contributed by atoms with Crippen LogP contribution in [0.15, 0.2) is 36.4 Å². The number of alkyl halides is 3. The molecule has 2 N–H and O–H groups in total. The maximum Gasteiger partial charge on any atom is 0.471 e. The lowest BCUT2D eigenvalue weighted by molar-refractivity contribution is -0.185. The molecule has 2 aromatic carbocycles. The number of carbonyl (C=O) groups is 2. The maximum absolute atomic E-state index is 12.9. The van der Waals surface area contributed by atoms with Crippen molar-refractivity contribution in [1.29, 1.82) is 0 Å². The monoisotopic (exact) mass is 481 g/mol. The average Bonchev–Trinajstić information content (AvgIpc) is 2.95. The molecule has 0 atom stereocenters. The van der Waals surface area contributed by atoms with Crippen LogP contribution >= 0.6 is 11.6 Å². The van der Waals surface area contributed by atoms with Crippen molar-refractivity contribution >= 4 is 34.8 Å². The van der Waals surface area contributed by atoms with Crippen LogP contribution in [-0.4, -0.2) is 36.0 Å². The predicted molar refractivity (Wildman–Crippen MR) is 123 cm³/mol. The molecule has 0 radical (unpaired) electrons. The summed E-state index contributed by atoms with van der Waals surface area (Å²) in [5, 5.41) is 6.64. The highest BCUT2D eigenvalue weighted by Crippen LogP contribution is 2.33. The molecule has 3 rings (SSSR count). The Morgan fingerprint density at radius 1 is 1.00 bits per heavy atom. The molecule has 1 aliphatic heterocycles. The second-order valence-electron chi connectivity index (χ2n) is 9.10. The molecule has 0 fully saturated rings. The Kier molecular flexibility index (Phi) is 7.26. The number of nitrogens with one attached hydrogen (secondary N) is 2. The van der Waals surface area contributed by atoms with Crippen molar-refractivity contribution in [1.82, 2.24) is 4.90 Å². The summed E-state index contributed by atoms with van der Waals surface area (Å²) in [6, 6.07) is 10.9. The first-order valence-electron chi connectivity index (χ1n) is 10.7. The zero-order chi connectivity index (χ0) is 24.4. The largest absolute Gasteiger partial charge is 0.471 e. The smallest absolute Gasteiger partial charge is 0.380 e. The van der Waals surface area contributed by atoms with E-state index in [1.807, 2.05) is 45.0 Å². The predicted octanol–water partition coefficient (Wildman–Crippen LogP) is 5.43. The van der Waals surface area contributed by atoms with Crippen molar-refractivity contribution in [3.63, 3.8) is 0 Å². The molecular weight excluding hydrogens is 455 g/mol. The van der Waals surface area contributed by atoms with Crippen LogP contribution in [0.25, 0.3) is 0 Å². The Balaban J connectivity index is 1.70. The Morgan fingerprint density at radius 2 is 1.64 bits per heavy atom. The lowest BCUT2D eigenvalue weighted by Gasteiger charge is -2.21. The van der Waals surface area contributed by atoms with Gasteiger partial charge in [-0.2, -0.15) is 13.2 Å². The summed E-state index contributed by atoms with van der Waals surface area (Å²) >= 11 is 6.41. The van der Waals surface area contributed by atoms with Crippen LogP contribution in [0.1, 0.15) is 37.5 Å². The van der Waals surface area contributed by atoms with Gasteiger partial charge in [0.2, 0.25) is 5.91 Å². The van der Waals surface area contributed by atoms with Gasteiger partial charge >= 0.3 is 12.1 Å². The number of carbonyl (C=O) groups excluding carboxylic acids is 2. The van der Waals surface area contributed by atoms with E-state index in [0.29, 0.717) is 29.4 Å². The van der Waals surface area contributed by atoms with Crippen molar-refractivity contribution < 1.29 is 22.8 Å². The highest BCUT2D eigenvalue weighted by atomic mass is 35.5. The van der Waals surface area contributed by atoms with Crippen molar-refractivity contribution in [2.24, 2.45) is 5.41 Å². The van der Waals surface area contributed by atoms with Gasteiger partial charge in [0.25, 0.3) is 0 Å². The standard InChI is InChI=1S/C24H27ClF3N3O2/c1-23(2,3)21(32)30-17-7-4-15(5-8-17)14-29-20-18-11-13-31(22(33)24(26,27)28)12-10-16(18)6-9-19(20)25/h4-9,29H,10-14H2,1-3H3,(H,30,32). The molecule has 0 saturated heterocycles. The minimum absolute atomic E-state index is 0.00810. The summed E-state index contributed by atoms with van der Waals surface area (Å²) in [5.41, 5.74) is 3.51. The van der Waals surface area contributed by atoms with Gasteiger partial charge in [-0.1, -0.05) is 50.6 Å². The molecular formula is C24H27ClF3N3O2. The van der Waals surface area contributed by atoms with Gasteiger partial charge in [-0.3, -0.25) is 9.59 Å². The second-order valence-corrected chi connectivity index (χ2v) is 9.51. The fraction of sp³-hybridized carbons (Fsp3) is 0.417. The summed E-state index contributed by atoms with van der Waals surface area (Å²) < 4.78 is 38.6. The molecule has 0 unspecified atom stereocenters. The SMILES string of the molecule is CC(C)(C)C(=O)Nc1ccc(CNc2c(Cl)ccc3c2CCN(C(=O)C(F)(F)F)CC3)cc1. The van der Waals surface area contributed by atoms with E-state index in [9.17, 15) is 22.8 Å². The van der Waals surface area contributed by atoms with E-state index in [0.717, 1.165) is 21.6 Å². The van der Waals surface area contributed by atoms with Crippen molar-refractivity contribution in [2.75, 3.05) is 23.7 Å². The molecule has 33 heavy (non-hydrogen) atoms. The first-order valence-corrected chi connectivity index (χ1v) is 11.0. The van der Waals surface area contributed by atoms with E-state index in [4.69, 9.17) is 11.6 Å². The Bertz CT molecular complexity index is 1030. The number of rotatable bonds is 4. The van der Waals surface area contributed by atoms with Crippen LogP contribution in [-0.2, 0) is 29.0 Å². The minimum atomic E-state index is -4.88. The van der Waals surface area contributed by atoms with Crippen LogP contribution in [0.3, 0.4) is 0 Å². The molecule has 0 aromatic heterocycles. The first kappa shape index (κ1) is 24.9. The van der Waals surface area contributed by atoms with Gasteiger partial charge in [0.15, 0.2) is 0 Å². The molecule has 2 amide bonds. The third-order valence-electron chi connectivity index (χ3n) is 5.53. The van der Waals surface area contributed by atoms with Crippen LogP contribution in [0.5, 0.6) is 0 Å². The number of nitrogens with zero attached hydrogens (tertiary/aromatic N) is 1. The lowest BCUT2D eigenvalue weighted by Crippen LogP contribution is -2.42. The van der Waals surface area contributed by atoms with Crippen LogP contribution in [0.4, 0.5) is 24.5 Å².